The molecule has 2 rings (SSSR count). The highest BCUT2D eigenvalue weighted by Crippen LogP contribution is 2.18. The first-order valence-corrected chi connectivity index (χ1v) is 8.18. The lowest BCUT2D eigenvalue weighted by Gasteiger charge is -2.09. The molecule has 0 aliphatic rings. The van der Waals surface area contributed by atoms with Gasteiger partial charge in [0.25, 0.3) is 0 Å². The Hall–Kier alpha value is -1.74. The molecule has 0 saturated heterocycles. The summed E-state index contributed by atoms with van der Waals surface area (Å²) in [7, 11) is -3.78. The van der Waals surface area contributed by atoms with E-state index in [0.717, 1.165) is 12.4 Å². The molecular formula is C12H20N6O2S. The fourth-order valence-electron chi connectivity index (χ4n) is 2.29. The second-order valence-corrected chi connectivity index (χ2v) is 6.95. The third-order valence-electron chi connectivity index (χ3n) is 3.12. The number of nitrogens with zero attached hydrogens (tertiary/aromatic N) is 5. The van der Waals surface area contributed by atoms with E-state index in [0.29, 0.717) is 23.9 Å². The first-order valence-electron chi connectivity index (χ1n) is 6.63. The number of hydrogen-bond donors (Lipinski definition) is 1. The zero-order valence-corrected chi connectivity index (χ0v) is 13.4. The van der Waals surface area contributed by atoms with Crippen LogP contribution in [0.25, 0.3) is 0 Å². The molecule has 21 heavy (non-hydrogen) atoms. The van der Waals surface area contributed by atoms with Crippen molar-refractivity contribution in [2.75, 3.05) is 0 Å². The lowest BCUT2D eigenvalue weighted by Crippen LogP contribution is -2.16. The van der Waals surface area contributed by atoms with E-state index in [1.807, 2.05) is 0 Å². The molecule has 116 valence electrons. The maximum Gasteiger partial charge on any atom is 0.241 e. The molecule has 0 radical (unpaired) electrons. The fourth-order valence-corrected chi connectivity index (χ4v) is 3.26. The summed E-state index contributed by atoms with van der Waals surface area (Å²) in [5.74, 6) is 1.17. The molecule has 0 spiro atoms. The van der Waals surface area contributed by atoms with Gasteiger partial charge in [0.1, 0.15) is 23.6 Å². The Morgan fingerprint density at radius 2 is 1.95 bits per heavy atom. The molecular weight excluding hydrogens is 292 g/mol. The average Bonchev–Trinajstić information content (AvgIpc) is 2.83. The largest absolute Gasteiger partial charge is 0.261 e. The van der Waals surface area contributed by atoms with E-state index in [-0.39, 0.29) is 4.90 Å². The Morgan fingerprint density at radius 1 is 1.29 bits per heavy atom. The molecule has 0 atom stereocenters. The zero-order valence-electron chi connectivity index (χ0n) is 12.6. The van der Waals surface area contributed by atoms with E-state index >= 15 is 0 Å². The topological polar surface area (TPSA) is 109 Å². The minimum absolute atomic E-state index is 0.0809. The van der Waals surface area contributed by atoms with E-state index in [1.165, 1.54) is 6.33 Å². The molecule has 9 heteroatoms. The predicted octanol–water partition coefficient (Wildman–Crippen LogP) is 0.443. The Morgan fingerprint density at radius 3 is 2.48 bits per heavy atom. The molecule has 2 aromatic heterocycles. The van der Waals surface area contributed by atoms with Gasteiger partial charge in [0.05, 0.1) is 11.4 Å². The molecule has 0 aromatic carbocycles. The van der Waals surface area contributed by atoms with Gasteiger partial charge >= 0.3 is 0 Å². The van der Waals surface area contributed by atoms with Crippen LogP contribution in [0.3, 0.4) is 0 Å². The number of aromatic nitrogens is 5. The minimum Gasteiger partial charge on any atom is -0.261 e. The highest BCUT2D eigenvalue weighted by atomic mass is 32.2. The molecule has 2 aromatic rings. The van der Waals surface area contributed by atoms with Gasteiger partial charge < -0.3 is 0 Å². The van der Waals surface area contributed by atoms with Crippen LogP contribution < -0.4 is 5.14 Å². The smallest absolute Gasteiger partial charge is 0.241 e. The summed E-state index contributed by atoms with van der Waals surface area (Å²) >= 11 is 0. The molecule has 0 amide bonds. The number of primary sulfonamides is 1. The third kappa shape index (κ3) is 3.30. The van der Waals surface area contributed by atoms with Crippen LogP contribution in [0.15, 0.2) is 11.2 Å². The standard InChI is InChI=1S/C12H20N6O2S/c1-8(2)5-18-11(14-7-15-18)6-17-10(4)12(9(3)16-17)21(13,19)20/h7-8H,5-6H2,1-4H3,(H2,13,19,20). The maximum atomic E-state index is 11.6. The number of hydrogen-bond acceptors (Lipinski definition) is 5. The van der Waals surface area contributed by atoms with Gasteiger partial charge in [-0.2, -0.15) is 10.2 Å². The van der Waals surface area contributed by atoms with E-state index in [4.69, 9.17) is 5.14 Å². The number of rotatable bonds is 5. The molecule has 2 heterocycles. The van der Waals surface area contributed by atoms with Crippen molar-refractivity contribution >= 4 is 10.0 Å². The van der Waals surface area contributed by atoms with Gasteiger partial charge in [-0.05, 0) is 19.8 Å². The molecule has 8 nitrogen and oxygen atoms in total. The van der Waals surface area contributed by atoms with Crippen LogP contribution in [0.4, 0.5) is 0 Å². The second kappa shape index (κ2) is 5.57. The summed E-state index contributed by atoms with van der Waals surface area (Å²) in [4.78, 5) is 4.30. The summed E-state index contributed by atoms with van der Waals surface area (Å²) in [6.07, 6.45) is 1.49. The summed E-state index contributed by atoms with van der Waals surface area (Å²) in [5, 5.41) is 13.7. The van der Waals surface area contributed by atoms with Gasteiger partial charge in [0.2, 0.25) is 10.0 Å². The lowest BCUT2D eigenvalue weighted by molar-refractivity contribution is 0.455. The van der Waals surface area contributed by atoms with Gasteiger partial charge in [0, 0.05) is 6.54 Å². The van der Waals surface area contributed by atoms with Gasteiger partial charge in [-0.15, -0.1) is 0 Å². The summed E-state index contributed by atoms with van der Waals surface area (Å²) in [5.41, 5.74) is 0.902. The number of nitrogens with two attached hydrogens (primary N) is 1. The monoisotopic (exact) mass is 312 g/mol. The van der Waals surface area contributed by atoms with Crippen molar-refractivity contribution in [1.29, 1.82) is 0 Å². The number of sulfonamides is 1. The van der Waals surface area contributed by atoms with Gasteiger partial charge in [-0.25, -0.2) is 23.2 Å². The molecule has 0 fully saturated rings. The summed E-state index contributed by atoms with van der Waals surface area (Å²) < 4.78 is 26.6. The molecule has 2 N–H and O–H groups in total. The van der Waals surface area contributed by atoms with Crippen molar-refractivity contribution in [2.45, 2.75) is 45.7 Å². The molecule has 0 bridgehead atoms. The van der Waals surface area contributed by atoms with Crippen LogP contribution in [0, 0.1) is 19.8 Å². The van der Waals surface area contributed by atoms with Crippen LogP contribution in [0.2, 0.25) is 0 Å². The maximum absolute atomic E-state index is 11.6. The second-order valence-electron chi connectivity index (χ2n) is 5.45. The van der Waals surface area contributed by atoms with Crippen molar-refractivity contribution in [1.82, 2.24) is 24.5 Å². The van der Waals surface area contributed by atoms with Crippen molar-refractivity contribution in [2.24, 2.45) is 11.1 Å². The van der Waals surface area contributed by atoms with Gasteiger partial charge in [-0.3, -0.25) is 4.68 Å². The molecule has 0 saturated carbocycles. The van der Waals surface area contributed by atoms with Crippen LogP contribution in [-0.4, -0.2) is 33.0 Å². The van der Waals surface area contributed by atoms with Crippen molar-refractivity contribution < 1.29 is 8.42 Å². The Balaban J connectivity index is 2.36. The fraction of sp³-hybridized carbons (Fsp3) is 0.583. The van der Waals surface area contributed by atoms with E-state index < -0.39 is 10.0 Å². The van der Waals surface area contributed by atoms with Crippen molar-refractivity contribution in [3.05, 3.63) is 23.5 Å². The predicted molar refractivity (Wildman–Crippen MR) is 77.0 cm³/mol. The zero-order chi connectivity index (χ0) is 15.8. The third-order valence-corrected chi connectivity index (χ3v) is 4.28. The van der Waals surface area contributed by atoms with E-state index in [9.17, 15) is 8.42 Å². The Bertz CT molecular complexity index is 744. The first-order chi connectivity index (χ1) is 9.70. The van der Waals surface area contributed by atoms with Crippen molar-refractivity contribution in [3.8, 4) is 0 Å². The quantitative estimate of drug-likeness (QED) is 0.862. The highest BCUT2D eigenvalue weighted by Gasteiger charge is 2.21. The van der Waals surface area contributed by atoms with E-state index in [2.05, 4.69) is 29.0 Å². The van der Waals surface area contributed by atoms with Gasteiger partial charge in [-0.1, -0.05) is 13.8 Å². The molecule has 0 unspecified atom stereocenters. The Kier molecular flexibility index (Phi) is 4.15. The number of aryl methyl sites for hydroxylation is 1. The van der Waals surface area contributed by atoms with Crippen LogP contribution >= 0.6 is 0 Å². The SMILES string of the molecule is Cc1nn(Cc2ncnn2CC(C)C)c(C)c1S(N)(=O)=O. The summed E-state index contributed by atoms with van der Waals surface area (Å²) in [6, 6.07) is 0. The van der Waals surface area contributed by atoms with Crippen molar-refractivity contribution in [3.63, 3.8) is 0 Å². The average molecular weight is 312 g/mol. The van der Waals surface area contributed by atoms with E-state index in [1.54, 1.807) is 23.2 Å². The molecule has 0 aliphatic carbocycles. The van der Waals surface area contributed by atoms with Crippen LogP contribution in [0.1, 0.15) is 31.1 Å². The minimum atomic E-state index is -3.78. The van der Waals surface area contributed by atoms with Gasteiger partial charge in [0.15, 0.2) is 0 Å². The normalized spacial score (nSPS) is 12.3. The Labute approximate surface area is 124 Å². The van der Waals surface area contributed by atoms with Crippen LogP contribution in [-0.2, 0) is 23.1 Å². The lowest BCUT2D eigenvalue weighted by atomic mass is 10.2. The van der Waals surface area contributed by atoms with Crippen LogP contribution in [0.5, 0.6) is 0 Å². The first kappa shape index (κ1) is 15.6. The highest BCUT2D eigenvalue weighted by molar-refractivity contribution is 7.89. The molecule has 0 aliphatic heterocycles. The summed E-state index contributed by atoms with van der Waals surface area (Å²) in [6.45, 7) is 8.60.